The van der Waals surface area contributed by atoms with Gasteiger partial charge in [0.2, 0.25) is 0 Å². The number of aromatic nitrogens is 2. The smallest absolute Gasteiger partial charge is 0.131 e. The summed E-state index contributed by atoms with van der Waals surface area (Å²) >= 11 is 0. The zero-order valence-corrected chi connectivity index (χ0v) is 14.9. The van der Waals surface area contributed by atoms with E-state index in [0.29, 0.717) is 13.1 Å². The molecule has 3 rings (SSSR count). The summed E-state index contributed by atoms with van der Waals surface area (Å²) in [6.07, 6.45) is 1.54. The van der Waals surface area contributed by atoms with Gasteiger partial charge in [-0.3, -0.25) is 0 Å². The number of para-hydroxylation sites is 2. The van der Waals surface area contributed by atoms with E-state index in [2.05, 4.69) is 20.6 Å². The molecule has 6 nitrogen and oxygen atoms in total. The van der Waals surface area contributed by atoms with Gasteiger partial charge in [0, 0.05) is 30.3 Å². The van der Waals surface area contributed by atoms with Crippen LogP contribution in [0, 0.1) is 0 Å². The zero-order chi connectivity index (χ0) is 18.2. The van der Waals surface area contributed by atoms with Crippen LogP contribution in [0.5, 0.6) is 11.5 Å². The van der Waals surface area contributed by atoms with Crippen LogP contribution in [0.1, 0.15) is 11.1 Å². The Kier molecular flexibility index (Phi) is 5.88. The Morgan fingerprint density at radius 1 is 0.731 bits per heavy atom. The van der Waals surface area contributed by atoms with Gasteiger partial charge in [0.05, 0.1) is 14.2 Å². The summed E-state index contributed by atoms with van der Waals surface area (Å²) < 4.78 is 10.7. The van der Waals surface area contributed by atoms with Crippen molar-refractivity contribution in [3.63, 3.8) is 0 Å². The van der Waals surface area contributed by atoms with Crippen LogP contribution in [0.25, 0.3) is 0 Å². The zero-order valence-electron chi connectivity index (χ0n) is 14.9. The molecule has 0 fully saturated rings. The maximum atomic E-state index is 5.37. The van der Waals surface area contributed by atoms with Crippen LogP contribution in [0.4, 0.5) is 11.6 Å². The molecular weight excluding hydrogens is 328 g/mol. The Morgan fingerprint density at radius 2 is 1.19 bits per heavy atom. The molecule has 1 heterocycles. The maximum Gasteiger partial charge on any atom is 0.131 e. The number of rotatable bonds is 8. The van der Waals surface area contributed by atoms with Crippen molar-refractivity contribution in [1.29, 1.82) is 0 Å². The van der Waals surface area contributed by atoms with Crippen LogP contribution in [0.2, 0.25) is 0 Å². The van der Waals surface area contributed by atoms with Crippen molar-refractivity contribution in [3.8, 4) is 11.5 Å². The fourth-order valence-electron chi connectivity index (χ4n) is 2.62. The lowest BCUT2D eigenvalue weighted by molar-refractivity contribution is 0.410. The lowest BCUT2D eigenvalue weighted by Crippen LogP contribution is -2.06. The predicted molar refractivity (Wildman–Crippen MR) is 103 cm³/mol. The van der Waals surface area contributed by atoms with E-state index in [9.17, 15) is 0 Å². The molecule has 0 aliphatic heterocycles. The molecule has 134 valence electrons. The normalized spacial score (nSPS) is 10.2. The summed E-state index contributed by atoms with van der Waals surface area (Å²) in [5.41, 5.74) is 2.13. The first-order valence-electron chi connectivity index (χ1n) is 8.33. The average Bonchev–Trinajstić information content (AvgIpc) is 2.71. The summed E-state index contributed by atoms with van der Waals surface area (Å²) in [6, 6.07) is 17.7. The fraction of sp³-hybridized carbons (Fsp3) is 0.200. The van der Waals surface area contributed by atoms with Gasteiger partial charge in [-0.1, -0.05) is 36.4 Å². The highest BCUT2D eigenvalue weighted by molar-refractivity contribution is 5.48. The van der Waals surface area contributed by atoms with E-state index in [1.165, 1.54) is 6.33 Å². The molecule has 0 bridgehead atoms. The van der Waals surface area contributed by atoms with Gasteiger partial charge in [0.25, 0.3) is 0 Å². The van der Waals surface area contributed by atoms with Crippen molar-refractivity contribution < 1.29 is 9.47 Å². The van der Waals surface area contributed by atoms with E-state index in [1.54, 1.807) is 14.2 Å². The molecule has 26 heavy (non-hydrogen) atoms. The minimum absolute atomic E-state index is 0.618. The number of hydrogen-bond acceptors (Lipinski definition) is 6. The molecule has 3 aromatic rings. The molecule has 2 N–H and O–H groups in total. The number of anilines is 2. The molecule has 0 saturated heterocycles. The van der Waals surface area contributed by atoms with E-state index in [1.807, 2.05) is 54.6 Å². The van der Waals surface area contributed by atoms with Crippen LogP contribution in [-0.2, 0) is 13.1 Å². The van der Waals surface area contributed by atoms with Gasteiger partial charge in [-0.15, -0.1) is 0 Å². The first-order chi connectivity index (χ1) is 12.8. The fourth-order valence-corrected chi connectivity index (χ4v) is 2.62. The molecule has 0 radical (unpaired) electrons. The summed E-state index contributed by atoms with van der Waals surface area (Å²) in [7, 11) is 3.34. The molecular formula is C20H22N4O2. The summed E-state index contributed by atoms with van der Waals surface area (Å²) in [4.78, 5) is 8.54. The number of methoxy groups -OCH3 is 2. The third-order valence-electron chi connectivity index (χ3n) is 3.97. The first-order valence-corrected chi connectivity index (χ1v) is 8.33. The SMILES string of the molecule is COc1ccccc1CNc1cc(NCc2ccccc2OC)ncn1. The molecule has 0 atom stereocenters. The minimum Gasteiger partial charge on any atom is -0.496 e. The lowest BCUT2D eigenvalue weighted by Gasteiger charge is -2.12. The number of hydrogen-bond donors (Lipinski definition) is 2. The minimum atomic E-state index is 0.618. The molecule has 6 heteroatoms. The van der Waals surface area contributed by atoms with Crippen molar-refractivity contribution in [3.05, 3.63) is 72.1 Å². The Bertz CT molecular complexity index is 788. The molecule has 1 aromatic heterocycles. The van der Waals surface area contributed by atoms with Gasteiger partial charge < -0.3 is 20.1 Å². The van der Waals surface area contributed by atoms with E-state index >= 15 is 0 Å². The van der Waals surface area contributed by atoms with Crippen molar-refractivity contribution in [1.82, 2.24) is 9.97 Å². The second-order valence-corrected chi connectivity index (χ2v) is 5.62. The van der Waals surface area contributed by atoms with E-state index in [4.69, 9.17) is 9.47 Å². The quantitative estimate of drug-likeness (QED) is 0.645. The topological polar surface area (TPSA) is 68.3 Å². The van der Waals surface area contributed by atoms with Gasteiger partial charge in [-0.25, -0.2) is 9.97 Å². The molecule has 0 spiro atoms. The number of nitrogens with one attached hydrogen (secondary N) is 2. The number of benzene rings is 2. The van der Waals surface area contributed by atoms with Gasteiger partial charge in [0.15, 0.2) is 0 Å². The Morgan fingerprint density at radius 3 is 1.65 bits per heavy atom. The van der Waals surface area contributed by atoms with Gasteiger partial charge in [-0.05, 0) is 12.1 Å². The molecule has 0 amide bonds. The third-order valence-corrected chi connectivity index (χ3v) is 3.97. The largest absolute Gasteiger partial charge is 0.496 e. The Balaban J connectivity index is 1.63. The van der Waals surface area contributed by atoms with Crippen molar-refractivity contribution in [2.75, 3.05) is 24.9 Å². The highest BCUT2D eigenvalue weighted by Gasteiger charge is 2.05. The number of nitrogens with zero attached hydrogens (tertiary/aromatic N) is 2. The number of ether oxygens (including phenoxy) is 2. The van der Waals surface area contributed by atoms with Crippen LogP contribution >= 0.6 is 0 Å². The van der Waals surface area contributed by atoms with Crippen LogP contribution in [-0.4, -0.2) is 24.2 Å². The monoisotopic (exact) mass is 350 g/mol. The standard InChI is InChI=1S/C20H22N4O2/c1-25-17-9-5-3-7-15(17)12-21-19-11-20(24-14-23-19)22-13-16-8-4-6-10-18(16)26-2/h3-11,14H,12-13H2,1-2H3,(H2,21,22,23,24). The van der Waals surface area contributed by atoms with Gasteiger partial charge in [-0.2, -0.15) is 0 Å². The van der Waals surface area contributed by atoms with Gasteiger partial charge in [0.1, 0.15) is 29.5 Å². The maximum absolute atomic E-state index is 5.37. The molecule has 0 aliphatic carbocycles. The van der Waals surface area contributed by atoms with E-state index in [0.717, 1.165) is 34.3 Å². The summed E-state index contributed by atoms with van der Waals surface area (Å²) in [5, 5.41) is 6.60. The Labute approximate surface area is 153 Å². The van der Waals surface area contributed by atoms with Crippen molar-refractivity contribution >= 4 is 11.6 Å². The molecule has 0 unspecified atom stereocenters. The summed E-state index contributed by atoms with van der Waals surface area (Å²) in [5.74, 6) is 3.19. The van der Waals surface area contributed by atoms with E-state index < -0.39 is 0 Å². The van der Waals surface area contributed by atoms with Crippen molar-refractivity contribution in [2.24, 2.45) is 0 Å². The van der Waals surface area contributed by atoms with Crippen LogP contribution in [0.15, 0.2) is 60.9 Å². The molecule has 0 aliphatic rings. The van der Waals surface area contributed by atoms with Crippen molar-refractivity contribution in [2.45, 2.75) is 13.1 Å². The molecule has 2 aromatic carbocycles. The second-order valence-electron chi connectivity index (χ2n) is 5.62. The van der Waals surface area contributed by atoms with Gasteiger partial charge >= 0.3 is 0 Å². The molecule has 0 saturated carbocycles. The van der Waals surface area contributed by atoms with Crippen LogP contribution in [0.3, 0.4) is 0 Å². The highest BCUT2D eigenvalue weighted by Crippen LogP contribution is 2.20. The summed E-state index contributed by atoms with van der Waals surface area (Å²) in [6.45, 7) is 1.24. The first kappa shape index (κ1) is 17.5. The second kappa shape index (κ2) is 8.71. The Hall–Kier alpha value is -3.28. The lowest BCUT2D eigenvalue weighted by atomic mass is 10.2. The van der Waals surface area contributed by atoms with Crippen LogP contribution < -0.4 is 20.1 Å². The van der Waals surface area contributed by atoms with E-state index in [-0.39, 0.29) is 0 Å². The third kappa shape index (κ3) is 4.42. The highest BCUT2D eigenvalue weighted by atomic mass is 16.5. The average molecular weight is 350 g/mol. The predicted octanol–water partition coefficient (Wildman–Crippen LogP) is 3.72.